The van der Waals surface area contributed by atoms with E-state index < -0.39 is 11.6 Å². The predicted molar refractivity (Wildman–Crippen MR) is 90.7 cm³/mol. The highest BCUT2D eigenvalue weighted by Gasteiger charge is 2.63. The first kappa shape index (κ1) is 17.3. The maximum absolute atomic E-state index is 10.5. The molecule has 4 aliphatic rings. The smallest absolute Gasteiger partial charge is 0.210 e. The van der Waals surface area contributed by atoms with Crippen molar-refractivity contribution in [1.82, 2.24) is 0 Å². The lowest BCUT2D eigenvalue weighted by atomic mass is 9.64. The maximum atomic E-state index is 10.5. The molecule has 0 amide bonds. The molecule has 0 aromatic rings. The Morgan fingerprint density at radius 1 is 1.00 bits per heavy atom. The zero-order chi connectivity index (χ0) is 17.2. The van der Waals surface area contributed by atoms with Gasteiger partial charge in [-0.1, -0.05) is 40.5 Å². The molecular weight excluding hydrogens is 304 g/mol. The van der Waals surface area contributed by atoms with Crippen molar-refractivity contribution < 1.29 is 19.6 Å². The molecule has 1 aliphatic heterocycles. The zero-order valence-corrected chi connectivity index (χ0v) is 15.7. The minimum absolute atomic E-state index is 0.130. The van der Waals surface area contributed by atoms with Gasteiger partial charge in [0.15, 0.2) is 0 Å². The van der Waals surface area contributed by atoms with E-state index >= 15 is 0 Å². The minimum atomic E-state index is -0.756. The van der Waals surface area contributed by atoms with E-state index in [1.165, 1.54) is 32.1 Å². The standard InChI is InChI=1S/C20H34O4/c1-13-8-14-6-5-7-15(9-14)20(13)22-19(23-24-20)11-16(18(2,3)4)10-17(21)12-19/h13-17,21H,5-12H2,1-4H3/t13?,14?,15?,16-,17-,19?,20?/m0/s1. The van der Waals surface area contributed by atoms with Gasteiger partial charge in [0.25, 0.3) is 0 Å². The lowest BCUT2D eigenvalue weighted by Crippen LogP contribution is -2.54. The highest BCUT2D eigenvalue weighted by atomic mass is 17.3. The first-order valence-electron chi connectivity index (χ1n) is 9.97. The molecule has 0 aromatic heterocycles. The quantitative estimate of drug-likeness (QED) is 0.665. The van der Waals surface area contributed by atoms with Crippen molar-refractivity contribution in [1.29, 1.82) is 0 Å². The van der Waals surface area contributed by atoms with Crippen LogP contribution in [-0.4, -0.2) is 22.8 Å². The number of hydrogen-bond acceptors (Lipinski definition) is 4. The summed E-state index contributed by atoms with van der Waals surface area (Å²) in [6.07, 6.45) is 7.97. The minimum Gasteiger partial charge on any atom is -0.393 e. The average molecular weight is 338 g/mol. The van der Waals surface area contributed by atoms with Crippen LogP contribution in [0.1, 0.15) is 79.1 Å². The fourth-order valence-corrected chi connectivity index (χ4v) is 5.86. The molecule has 3 aliphatic carbocycles. The highest BCUT2D eigenvalue weighted by Crippen LogP contribution is 2.58. The first-order valence-corrected chi connectivity index (χ1v) is 9.97. The Kier molecular flexibility index (Phi) is 4.08. The Balaban J connectivity index is 1.58. The Bertz CT molecular complexity index is 485. The van der Waals surface area contributed by atoms with Crippen LogP contribution in [0.25, 0.3) is 0 Å². The summed E-state index contributed by atoms with van der Waals surface area (Å²) in [6, 6.07) is 0. The highest BCUT2D eigenvalue weighted by molar-refractivity contribution is 5.00. The second kappa shape index (κ2) is 5.67. The van der Waals surface area contributed by atoms with Crippen molar-refractivity contribution in [3.63, 3.8) is 0 Å². The average Bonchev–Trinajstić information content (AvgIpc) is 2.85. The summed E-state index contributed by atoms with van der Waals surface area (Å²) >= 11 is 0. The molecule has 4 heteroatoms. The molecule has 1 saturated heterocycles. The van der Waals surface area contributed by atoms with Gasteiger partial charge in [0.2, 0.25) is 11.6 Å². The Morgan fingerprint density at radius 2 is 1.79 bits per heavy atom. The second-order valence-electron chi connectivity index (χ2n) is 10.1. The first-order chi connectivity index (χ1) is 11.2. The van der Waals surface area contributed by atoms with Gasteiger partial charge in [-0.3, -0.25) is 0 Å². The maximum Gasteiger partial charge on any atom is 0.210 e. The van der Waals surface area contributed by atoms with Crippen molar-refractivity contribution in [2.24, 2.45) is 29.1 Å². The molecule has 1 N–H and O–H groups in total. The summed E-state index contributed by atoms with van der Waals surface area (Å²) in [5, 5.41) is 10.5. The van der Waals surface area contributed by atoms with Crippen LogP contribution in [0.15, 0.2) is 0 Å². The SMILES string of the molecule is CC1CC2CCCC(C2)C12OOC1(C[C@@H](O)C[C@H](C(C)(C)C)C1)O2. The van der Waals surface area contributed by atoms with Crippen molar-refractivity contribution in [3.8, 4) is 0 Å². The van der Waals surface area contributed by atoms with E-state index in [4.69, 9.17) is 14.5 Å². The van der Waals surface area contributed by atoms with E-state index in [1.807, 2.05) is 0 Å². The van der Waals surface area contributed by atoms with Gasteiger partial charge in [-0.25, -0.2) is 0 Å². The van der Waals surface area contributed by atoms with Gasteiger partial charge in [-0.05, 0) is 42.9 Å². The monoisotopic (exact) mass is 338 g/mol. The fourth-order valence-electron chi connectivity index (χ4n) is 5.86. The second-order valence-corrected chi connectivity index (χ2v) is 10.1. The third-order valence-corrected chi connectivity index (χ3v) is 7.28. The van der Waals surface area contributed by atoms with E-state index in [2.05, 4.69) is 27.7 Å². The van der Waals surface area contributed by atoms with E-state index in [1.54, 1.807) is 0 Å². The number of ether oxygens (including phenoxy) is 1. The molecule has 2 bridgehead atoms. The summed E-state index contributed by atoms with van der Waals surface area (Å²) in [4.78, 5) is 12.0. The molecule has 4 nitrogen and oxygen atoms in total. The van der Waals surface area contributed by atoms with Gasteiger partial charge < -0.3 is 9.84 Å². The predicted octanol–water partition coefficient (Wildman–Crippen LogP) is 4.41. The molecule has 1 heterocycles. The lowest BCUT2D eigenvalue weighted by molar-refractivity contribution is -0.382. The summed E-state index contributed by atoms with van der Waals surface area (Å²) in [7, 11) is 0. The van der Waals surface area contributed by atoms with Crippen LogP contribution in [-0.2, 0) is 14.5 Å². The van der Waals surface area contributed by atoms with Crippen molar-refractivity contribution in [2.75, 3.05) is 0 Å². The number of aliphatic hydroxyl groups excluding tert-OH is 1. The van der Waals surface area contributed by atoms with Crippen LogP contribution in [0.5, 0.6) is 0 Å². The zero-order valence-electron chi connectivity index (χ0n) is 15.7. The van der Waals surface area contributed by atoms with Crippen LogP contribution in [0.2, 0.25) is 0 Å². The van der Waals surface area contributed by atoms with E-state index in [0.29, 0.717) is 24.2 Å². The van der Waals surface area contributed by atoms with Gasteiger partial charge >= 0.3 is 0 Å². The molecule has 0 radical (unpaired) electrons. The molecule has 7 atom stereocenters. The Hall–Kier alpha value is -0.160. The van der Waals surface area contributed by atoms with E-state index in [-0.39, 0.29) is 11.5 Å². The summed E-state index contributed by atoms with van der Waals surface area (Å²) < 4.78 is 6.71. The number of aliphatic hydroxyl groups is 1. The molecular formula is C20H34O4. The van der Waals surface area contributed by atoms with Crippen LogP contribution in [0.4, 0.5) is 0 Å². The molecule has 138 valence electrons. The molecule has 3 saturated carbocycles. The normalized spacial score (nSPS) is 52.1. The van der Waals surface area contributed by atoms with Crippen LogP contribution in [0, 0.1) is 29.1 Å². The van der Waals surface area contributed by atoms with Gasteiger partial charge in [-0.2, -0.15) is 9.78 Å². The molecule has 0 aromatic carbocycles. The van der Waals surface area contributed by atoms with Crippen molar-refractivity contribution >= 4 is 0 Å². The van der Waals surface area contributed by atoms with Crippen LogP contribution in [0.3, 0.4) is 0 Å². The molecule has 24 heavy (non-hydrogen) atoms. The van der Waals surface area contributed by atoms with Crippen LogP contribution < -0.4 is 0 Å². The third-order valence-electron chi connectivity index (χ3n) is 7.28. The molecule has 4 fully saturated rings. The van der Waals surface area contributed by atoms with Crippen molar-refractivity contribution in [3.05, 3.63) is 0 Å². The fraction of sp³-hybridized carbons (Fsp3) is 1.00. The summed E-state index contributed by atoms with van der Waals surface area (Å²) in [6.45, 7) is 8.98. The molecule has 4 rings (SSSR count). The Morgan fingerprint density at radius 3 is 2.54 bits per heavy atom. The number of rotatable bonds is 0. The van der Waals surface area contributed by atoms with Gasteiger partial charge in [0, 0.05) is 24.7 Å². The summed E-state index contributed by atoms with van der Waals surface area (Å²) in [5.74, 6) is 0.648. The summed E-state index contributed by atoms with van der Waals surface area (Å²) in [5.41, 5.74) is 0.130. The van der Waals surface area contributed by atoms with Crippen LogP contribution >= 0.6 is 0 Å². The van der Waals surface area contributed by atoms with Gasteiger partial charge in [0.05, 0.1) is 6.10 Å². The van der Waals surface area contributed by atoms with Gasteiger partial charge in [-0.15, -0.1) is 0 Å². The number of hydrogen-bond donors (Lipinski definition) is 1. The van der Waals surface area contributed by atoms with Crippen molar-refractivity contribution in [2.45, 2.75) is 96.7 Å². The largest absolute Gasteiger partial charge is 0.393 e. The Labute approximate surface area is 146 Å². The topological polar surface area (TPSA) is 47.9 Å². The lowest BCUT2D eigenvalue weighted by Gasteiger charge is -2.49. The molecule has 2 spiro atoms. The van der Waals surface area contributed by atoms with E-state index in [9.17, 15) is 5.11 Å². The number of fused-ring (bicyclic) bond motifs is 3. The van der Waals surface area contributed by atoms with E-state index in [0.717, 1.165) is 18.8 Å². The third kappa shape index (κ3) is 2.74. The van der Waals surface area contributed by atoms with Gasteiger partial charge in [0.1, 0.15) is 0 Å². The molecule has 5 unspecified atom stereocenters.